The highest BCUT2D eigenvalue weighted by Gasteiger charge is 2.20. The maximum atomic E-state index is 13.8. The van der Waals surface area contributed by atoms with E-state index in [0.29, 0.717) is 11.7 Å². The summed E-state index contributed by atoms with van der Waals surface area (Å²) in [6.45, 7) is 0. The molecule has 1 aromatic rings. The second kappa shape index (κ2) is 5.57. The summed E-state index contributed by atoms with van der Waals surface area (Å²) in [6, 6.07) is 3.22. The van der Waals surface area contributed by atoms with Crippen LogP contribution >= 0.6 is 11.6 Å². The number of esters is 1. The molecule has 0 aromatic heterocycles. The molecule has 5 heteroatoms. The molecule has 1 aliphatic rings. The van der Waals surface area contributed by atoms with E-state index in [0.717, 1.165) is 12.8 Å². The molecule has 0 heterocycles. The maximum absolute atomic E-state index is 13.8. The van der Waals surface area contributed by atoms with E-state index in [2.05, 4.69) is 10.1 Å². The molecule has 2 rings (SSSR count). The van der Waals surface area contributed by atoms with E-state index in [9.17, 15) is 9.18 Å². The van der Waals surface area contributed by atoms with Crippen molar-refractivity contribution in [3.63, 3.8) is 0 Å². The lowest BCUT2D eigenvalue weighted by molar-refractivity contribution is 0.0596. The number of nitrogens with one attached hydrogen (secondary N) is 1. The zero-order chi connectivity index (χ0) is 13.1. The minimum absolute atomic E-state index is 0.0716. The molecule has 0 saturated heterocycles. The Balaban J connectivity index is 2.21. The number of methoxy groups -OCH3 is 1. The largest absolute Gasteiger partial charge is 0.465 e. The van der Waals surface area contributed by atoms with Gasteiger partial charge in [-0.3, -0.25) is 0 Å². The molecule has 18 heavy (non-hydrogen) atoms. The van der Waals surface area contributed by atoms with Crippen molar-refractivity contribution in [2.75, 3.05) is 12.4 Å². The Morgan fingerprint density at radius 3 is 2.67 bits per heavy atom. The molecule has 0 spiro atoms. The number of rotatable bonds is 3. The second-order valence-corrected chi connectivity index (χ2v) is 4.84. The predicted octanol–water partition coefficient (Wildman–Crippen LogP) is 3.62. The lowest BCUT2D eigenvalue weighted by Crippen LogP contribution is -2.15. The van der Waals surface area contributed by atoms with E-state index >= 15 is 0 Å². The summed E-state index contributed by atoms with van der Waals surface area (Å²) < 4.78 is 18.3. The molecule has 0 atom stereocenters. The molecule has 1 aromatic carbocycles. The van der Waals surface area contributed by atoms with Crippen molar-refractivity contribution in [3.8, 4) is 0 Å². The first kappa shape index (κ1) is 13.1. The van der Waals surface area contributed by atoms with Crippen LogP contribution in [0.3, 0.4) is 0 Å². The molecule has 0 aliphatic heterocycles. The quantitative estimate of drug-likeness (QED) is 0.854. The third-order valence-corrected chi connectivity index (χ3v) is 3.46. The molecule has 1 aliphatic carbocycles. The molecule has 0 radical (unpaired) electrons. The maximum Gasteiger partial charge on any atom is 0.342 e. The fourth-order valence-corrected chi connectivity index (χ4v) is 2.54. The Morgan fingerprint density at radius 1 is 1.44 bits per heavy atom. The van der Waals surface area contributed by atoms with Crippen LogP contribution in [-0.2, 0) is 4.74 Å². The first-order valence-corrected chi connectivity index (χ1v) is 6.33. The minimum atomic E-state index is -0.759. The monoisotopic (exact) mass is 271 g/mol. The first-order valence-electron chi connectivity index (χ1n) is 5.95. The van der Waals surface area contributed by atoms with Gasteiger partial charge < -0.3 is 10.1 Å². The van der Waals surface area contributed by atoms with Crippen molar-refractivity contribution < 1.29 is 13.9 Å². The Bertz CT molecular complexity index is 435. The molecule has 0 unspecified atom stereocenters. The van der Waals surface area contributed by atoms with Gasteiger partial charge in [-0.2, -0.15) is 0 Å². The average molecular weight is 272 g/mol. The smallest absolute Gasteiger partial charge is 0.342 e. The van der Waals surface area contributed by atoms with Crippen LogP contribution in [0.2, 0.25) is 5.02 Å². The van der Waals surface area contributed by atoms with Crippen molar-refractivity contribution in [1.29, 1.82) is 0 Å². The van der Waals surface area contributed by atoms with Crippen LogP contribution < -0.4 is 5.32 Å². The Kier molecular flexibility index (Phi) is 4.07. The molecule has 0 amide bonds. The lowest BCUT2D eigenvalue weighted by Gasteiger charge is -2.15. The van der Waals surface area contributed by atoms with Crippen LogP contribution in [-0.4, -0.2) is 19.1 Å². The number of hydrogen-bond donors (Lipinski definition) is 1. The zero-order valence-electron chi connectivity index (χ0n) is 10.1. The predicted molar refractivity (Wildman–Crippen MR) is 68.6 cm³/mol. The summed E-state index contributed by atoms with van der Waals surface area (Å²) in [5.74, 6) is -1.42. The van der Waals surface area contributed by atoms with Gasteiger partial charge in [0, 0.05) is 11.7 Å². The average Bonchev–Trinajstić information content (AvgIpc) is 2.80. The van der Waals surface area contributed by atoms with E-state index in [1.165, 1.54) is 26.0 Å². The SMILES string of the molecule is COC(=O)c1c(F)cc(NC2CCCC2)cc1Cl. The Labute approximate surface area is 110 Å². The van der Waals surface area contributed by atoms with Gasteiger partial charge in [0.1, 0.15) is 11.4 Å². The normalized spacial score (nSPS) is 15.7. The van der Waals surface area contributed by atoms with Crippen molar-refractivity contribution in [2.24, 2.45) is 0 Å². The van der Waals surface area contributed by atoms with Gasteiger partial charge in [0.05, 0.1) is 12.1 Å². The van der Waals surface area contributed by atoms with Gasteiger partial charge in [0.15, 0.2) is 0 Å². The van der Waals surface area contributed by atoms with Crippen molar-refractivity contribution >= 4 is 23.3 Å². The van der Waals surface area contributed by atoms with E-state index in [4.69, 9.17) is 11.6 Å². The van der Waals surface area contributed by atoms with Gasteiger partial charge in [0.25, 0.3) is 0 Å². The molecular weight excluding hydrogens is 257 g/mol. The highest BCUT2D eigenvalue weighted by Crippen LogP contribution is 2.28. The number of halogens is 2. The summed E-state index contributed by atoms with van der Waals surface area (Å²) in [4.78, 5) is 11.3. The molecule has 1 saturated carbocycles. The molecular formula is C13H15ClFNO2. The number of anilines is 1. The summed E-state index contributed by atoms with van der Waals surface area (Å²) >= 11 is 5.91. The second-order valence-electron chi connectivity index (χ2n) is 4.43. The summed E-state index contributed by atoms with van der Waals surface area (Å²) in [5.41, 5.74) is 0.396. The first-order chi connectivity index (χ1) is 8.61. The lowest BCUT2D eigenvalue weighted by atomic mass is 10.1. The minimum Gasteiger partial charge on any atom is -0.465 e. The van der Waals surface area contributed by atoms with E-state index in [1.54, 1.807) is 6.07 Å². The third-order valence-electron chi connectivity index (χ3n) is 3.16. The summed E-state index contributed by atoms with van der Waals surface area (Å²) in [6.07, 6.45) is 4.54. The molecule has 0 bridgehead atoms. The van der Waals surface area contributed by atoms with Crippen LogP contribution in [0.4, 0.5) is 10.1 Å². The van der Waals surface area contributed by atoms with Crippen LogP contribution in [0, 0.1) is 5.82 Å². The molecule has 1 fully saturated rings. The van der Waals surface area contributed by atoms with Gasteiger partial charge >= 0.3 is 5.97 Å². The van der Waals surface area contributed by atoms with Crippen molar-refractivity contribution in [1.82, 2.24) is 0 Å². The number of ether oxygens (including phenoxy) is 1. The van der Waals surface area contributed by atoms with Crippen LogP contribution in [0.1, 0.15) is 36.0 Å². The number of hydrogen-bond acceptors (Lipinski definition) is 3. The zero-order valence-corrected chi connectivity index (χ0v) is 10.9. The van der Waals surface area contributed by atoms with E-state index in [1.807, 2.05) is 0 Å². The Morgan fingerprint density at radius 2 is 2.11 bits per heavy atom. The van der Waals surface area contributed by atoms with Crippen LogP contribution in [0.15, 0.2) is 12.1 Å². The van der Waals surface area contributed by atoms with E-state index in [-0.39, 0.29) is 10.6 Å². The van der Waals surface area contributed by atoms with E-state index < -0.39 is 11.8 Å². The van der Waals surface area contributed by atoms with Crippen LogP contribution in [0.25, 0.3) is 0 Å². The standard InChI is InChI=1S/C13H15ClFNO2/c1-18-13(17)12-10(14)6-9(7-11(12)15)16-8-4-2-3-5-8/h6-8,16H,2-5H2,1H3. The third kappa shape index (κ3) is 2.75. The summed E-state index contributed by atoms with van der Waals surface area (Å²) in [7, 11) is 1.20. The fraction of sp³-hybridized carbons (Fsp3) is 0.462. The van der Waals surface area contributed by atoms with Crippen molar-refractivity contribution in [3.05, 3.63) is 28.5 Å². The molecule has 1 N–H and O–H groups in total. The van der Waals surface area contributed by atoms with Gasteiger partial charge in [-0.15, -0.1) is 0 Å². The van der Waals surface area contributed by atoms with Crippen LogP contribution in [0.5, 0.6) is 0 Å². The van der Waals surface area contributed by atoms with Gasteiger partial charge in [-0.05, 0) is 25.0 Å². The number of benzene rings is 1. The number of carbonyl (C=O) groups excluding carboxylic acids is 1. The number of carbonyl (C=O) groups is 1. The van der Waals surface area contributed by atoms with Gasteiger partial charge in [-0.25, -0.2) is 9.18 Å². The molecule has 98 valence electrons. The molecule has 3 nitrogen and oxygen atoms in total. The highest BCUT2D eigenvalue weighted by molar-refractivity contribution is 6.33. The van der Waals surface area contributed by atoms with Gasteiger partial charge in [-0.1, -0.05) is 24.4 Å². The van der Waals surface area contributed by atoms with Gasteiger partial charge in [0.2, 0.25) is 0 Å². The highest BCUT2D eigenvalue weighted by atomic mass is 35.5. The Hall–Kier alpha value is -1.29. The fourth-order valence-electron chi connectivity index (χ4n) is 2.26. The van der Waals surface area contributed by atoms with Crippen molar-refractivity contribution in [2.45, 2.75) is 31.7 Å². The topological polar surface area (TPSA) is 38.3 Å². The summed E-state index contributed by atoms with van der Waals surface area (Å²) in [5, 5.41) is 3.30.